The Morgan fingerprint density at radius 2 is 1.82 bits per heavy atom. The van der Waals surface area contributed by atoms with E-state index in [1.807, 2.05) is 0 Å². The number of nitrogens with one attached hydrogen (secondary N) is 1. The van der Waals surface area contributed by atoms with Crippen LogP contribution in [0.15, 0.2) is 35.2 Å². The van der Waals surface area contributed by atoms with Gasteiger partial charge in [-0.15, -0.1) is 12.8 Å². The summed E-state index contributed by atoms with van der Waals surface area (Å²) in [5, 5.41) is 10.1. The van der Waals surface area contributed by atoms with Crippen molar-refractivity contribution in [3.05, 3.63) is 46.7 Å². The van der Waals surface area contributed by atoms with Gasteiger partial charge in [0.05, 0.1) is 17.1 Å². The summed E-state index contributed by atoms with van der Waals surface area (Å²) in [6.07, 6.45) is 2.15. The molecule has 2 aromatic carbocycles. The molecule has 1 atom stereocenters. The number of ether oxygens (including phenoxy) is 2. The minimum absolute atomic E-state index is 0.0909. The van der Waals surface area contributed by atoms with Gasteiger partial charge >= 0.3 is 18.2 Å². The van der Waals surface area contributed by atoms with Crippen LogP contribution >= 0.6 is 11.6 Å². The van der Waals surface area contributed by atoms with Crippen molar-refractivity contribution in [3.63, 3.8) is 0 Å². The van der Waals surface area contributed by atoms with Gasteiger partial charge in [-0.1, -0.05) is 18.5 Å². The molecule has 0 aromatic heterocycles. The molecule has 0 radical (unpaired) electrons. The molecule has 1 aliphatic heterocycles. The summed E-state index contributed by atoms with van der Waals surface area (Å²) < 4.78 is 77.4. The Kier molecular flexibility index (Phi) is 12.1. The van der Waals surface area contributed by atoms with Crippen LogP contribution in [0, 0.1) is 25.6 Å². The number of carbonyl (C=O) groups excluding carboxylic acids is 1. The van der Waals surface area contributed by atoms with Crippen molar-refractivity contribution in [2.45, 2.75) is 50.8 Å². The van der Waals surface area contributed by atoms with Gasteiger partial charge in [-0.05, 0) is 56.7 Å². The molecule has 8 nitrogen and oxygen atoms in total. The lowest BCUT2D eigenvalue weighted by Gasteiger charge is -2.31. The molecule has 0 spiro atoms. The van der Waals surface area contributed by atoms with Crippen molar-refractivity contribution >= 4 is 46.0 Å². The maximum atomic E-state index is 13.9. The van der Waals surface area contributed by atoms with E-state index in [0.29, 0.717) is 17.0 Å². The van der Waals surface area contributed by atoms with Crippen LogP contribution in [0.1, 0.15) is 32.8 Å². The first kappa shape index (κ1) is 33.5. The number of terminal acetylenes is 1. The molecular weight excluding hydrogens is 568 g/mol. The predicted molar refractivity (Wildman–Crippen MR) is 140 cm³/mol. The van der Waals surface area contributed by atoms with Gasteiger partial charge < -0.3 is 14.6 Å². The second kappa shape index (κ2) is 14.0. The van der Waals surface area contributed by atoms with Crippen LogP contribution in [0.25, 0.3) is 0 Å². The first-order chi connectivity index (χ1) is 18.1. The number of nitrogens with zero attached hydrogens (tertiary/aromatic N) is 1. The first-order valence-electron chi connectivity index (χ1n) is 11.1. The maximum Gasteiger partial charge on any atom is 0.427 e. The Bertz CT molecular complexity index is 1240. The normalized spacial score (nSPS) is 13.3. The largest absolute Gasteiger partial charge is 0.489 e. The minimum atomic E-state index is -4.76. The van der Waals surface area contributed by atoms with Crippen LogP contribution < -0.4 is 14.4 Å². The van der Waals surface area contributed by atoms with E-state index in [9.17, 15) is 31.4 Å². The third-order valence-electron chi connectivity index (χ3n) is 5.01. The van der Waals surface area contributed by atoms with Gasteiger partial charge in [-0.25, -0.2) is 13.4 Å². The molecule has 0 aliphatic carbocycles. The molecule has 2 N–H and O–H groups in total. The van der Waals surface area contributed by atoms with Gasteiger partial charge in [0.1, 0.15) is 18.2 Å². The van der Waals surface area contributed by atoms with Crippen LogP contribution in [0.2, 0.25) is 5.02 Å². The number of amides is 1. The number of aliphatic carboxylic acids is 1. The van der Waals surface area contributed by atoms with E-state index in [1.165, 1.54) is 22.5 Å². The number of benzene rings is 2. The van der Waals surface area contributed by atoms with Gasteiger partial charge in [-0.2, -0.15) is 13.2 Å². The van der Waals surface area contributed by atoms with E-state index in [2.05, 4.69) is 22.9 Å². The summed E-state index contributed by atoms with van der Waals surface area (Å²) >= 11 is 6.01. The molecule has 0 bridgehead atoms. The van der Waals surface area contributed by atoms with E-state index in [-0.39, 0.29) is 35.2 Å². The van der Waals surface area contributed by atoms with Gasteiger partial charge in [-0.3, -0.25) is 14.4 Å². The number of fused-ring (bicyclic) bond motifs is 1. The molecule has 14 heteroatoms. The number of hydrogen-bond donors (Lipinski definition) is 2. The molecule has 2 aromatic rings. The van der Waals surface area contributed by atoms with E-state index in [4.69, 9.17) is 21.4 Å². The lowest BCUT2D eigenvalue weighted by atomic mass is 10.1. The number of alkyl halides is 3. The minimum Gasteiger partial charge on any atom is -0.489 e. The maximum absolute atomic E-state index is 13.9. The van der Waals surface area contributed by atoms with E-state index < -0.39 is 40.6 Å². The summed E-state index contributed by atoms with van der Waals surface area (Å²) in [7, 11) is -1.88. The average Bonchev–Trinajstić information content (AvgIpc) is 2.85. The lowest BCUT2D eigenvalue weighted by molar-refractivity contribution is -0.242. The highest BCUT2D eigenvalue weighted by Crippen LogP contribution is 2.38. The molecule has 1 aliphatic rings. The first-order valence-corrected chi connectivity index (χ1v) is 12.6. The van der Waals surface area contributed by atoms with Crippen molar-refractivity contribution in [1.29, 1.82) is 0 Å². The number of halogens is 5. The Morgan fingerprint density at radius 1 is 1.23 bits per heavy atom. The second-order valence-electron chi connectivity index (χ2n) is 8.16. The lowest BCUT2D eigenvalue weighted by Crippen LogP contribution is -2.44. The van der Waals surface area contributed by atoms with Crippen LogP contribution in [-0.2, 0) is 20.5 Å². The highest BCUT2D eigenvalue weighted by Gasteiger charge is 2.51. The number of carboxylic acids is 1. The molecule has 1 heterocycles. The van der Waals surface area contributed by atoms with Gasteiger partial charge in [0.25, 0.3) is 0 Å². The molecule has 39 heavy (non-hydrogen) atoms. The zero-order valence-corrected chi connectivity index (χ0v) is 23.0. The van der Waals surface area contributed by atoms with Crippen molar-refractivity contribution < 1.29 is 45.9 Å². The Balaban J connectivity index is 0.000000975. The van der Waals surface area contributed by atoms with Crippen molar-refractivity contribution in [1.82, 2.24) is 0 Å². The zero-order chi connectivity index (χ0) is 30.1. The van der Waals surface area contributed by atoms with E-state index in [0.717, 1.165) is 26.0 Å². The number of hydrogen-bond acceptors (Lipinski definition) is 5. The third kappa shape index (κ3) is 9.04. The van der Waals surface area contributed by atoms with Crippen LogP contribution in [0.4, 0.5) is 33.7 Å². The Labute approximate surface area is 230 Å². The molecule has 0 fully saturated rings. The van der Waals surface area contributed by atoms with Crippen LogP contribution in [0.3, 0.4) is 0 Å². The number of carboxylic acid groups (broad SMARTS) is 1. The molecule has 1 amide bonds. The van der Waals surface area contributed by atoms with Crippen molar-refractivity contribution in [2.24, 2.45) is 0 Å². The Hall–Kier alpha value is -3.50. The fourth-order valence-electron chi connectivity index (χ4n) is 2.80. The van der Waals surface area contributed by atoms with Crippen LogP contribution in [0.5, 0.6) is 5.75 Å². The van der Waals surface area contributed by atoms with Gasteiger partial charge in [0.2, 0.25) is 5.60 Å². The van der Waals surface area contributed by atoms with E-state index in [1.54, 1.807) is 13.8 Å². The SMILES string of the molecule is C#C.CCC(=O)O.Cc1c(Cl)cc(F)cc1S(=O)N1CCOc2ccc(NC(=O)OC(C)(C)C(F)(F)F)cc21. The van der Waals surface area contributed by atoms with Crippen LogP contribution in [-0.4, -0.2) is 46.3 Å². The molecule has 1 unspecified atom stereocenters. The van der Waals surface area contributed by atoms with Gasteiger partial charge in [0, 0.05) is 17.1 Å². The molecule has 3 rings (SSSR count). The predicted octanol–water partition coefficient (Wildman–Crippen LogP) is 6.33. The highest BCUT2D eigenvalue weighted by atomic mass is 35.5. The third-order valence-corrected chi connectivity index (χ3v) is 6.98. The van der Waals surface area contributed by atoms with E-state index >= 15 is 0 Å². The molecule has 214 valence electrons. The van der Waals surface area contributed by atoms with Gasteiger partial charge in [0.15, 0.2) is 11.0 Å². The quantitative estimate of drug-likeness (QED) is 0.310. The standard InChI is InChI=1S/C20H19ClF4N2O4S.C3H6O2.C2H2/c1-11-14(21)8-12(22)9-17(11)32(29)27-6-7-30-16-5-4-13(10-15(16)27)26-18(28)31-19(2,3)20(23,24)25;1-2-3(4)5;1-2/h4-5,8-10H,6-7H2,1-3H3,(H,26,28);2H2,1H3,(H,4,5);1-2H. The fraction of sp³-hybridized carbons (Fsp3) is 0.360. The monoisotopic (exact) mass is 594 g/mol. The van der Waals surface area contributed by atoms with Crippen molar-refractivity contribution in [3.8, 4) is 18.6 Å². The smallest absolute Gasteiger partial charge is 0.427 e. The van der Waals surface area contributed by atoms with Crippen molar-refractivity contribution in [2.75, 3.05) is 22.8 Å². The second-order valence-corrected chi connectivity index (χ2v) is 9.95. The summed E-state index contributed by atoms with van der Waals surface area (Å²) in [6.45, 7) is 5.02. The fourth-order valence-corrected chi connectivity index (χ4v) is 4.44. The highest BCUT2D eigenvalue weighted by molar-refractivity contribution is 7.86. The number of rotatable bonds is 5. The molecule has 0 saturated heterocycles. The topological polar surface area (TPSA) is 105 Å². The summed E-state index contributed by atoms with van der Waals surface area (Å²) in [5.74, 6) is -1.06. The molecular formula is C25H27ClF4N2O6S. The summed E-state index contributed by atoms with van der Waals surface area (Å²) in [5.41, 5.74) is -1.88. The number of anilines is 2. The average molecular weight is 595 g/mol. The zero-order valence-electron chi connectivity index (χ0n) is 21.4. The summed E-state index contributed by atoms with van der Waals surface area (Å²) in [6, 6.07) is 6.47. The number of carbonyl (C=O) groups is 2. The summed E-state index contributed by atoms with van der Waals surface area (Å²) in [4.78, 5) is 21.5. The Morgan fingerprint density at radius 3 is 2.36 bits per heavy atom. The molecule has 0 saturated carbocycles.